The van der Waals surface area contributed by atoms with Gasteiger partial charge in [0, 0.05) is 41.3 Å². The van der Waals surface area contributed by atoms with Crippen LogP contribution >= 0.6 is 9.24 Å². The molecule has 2 amide bonds. The molecule has 232 valence electrons. The summed E-state index contributed by atoms with van der Waals surface area (Å²) in [6, 6.07) is 23.9. The lowest BCUT2D eigenvalue weighted by Crippen LogP contribution is -2.43. The fraction of sp³-hybridized carbons (Fsp3) is 0.303. The number of aromatic amines is 1. The predicted molar refractivity (Wildman–Crippen MR) is 179 cm³/mol. The maximum atomic E-state index is 12.4. The number of fused-ring (bicyclic) bond motifs is 1. The summed E-state index contributed by atoms with van der Waals surface area (Å²) in [5.41, 5.74) is 4.55. The Morgan fingerprint density at radius 1 is 0.956 bits per heavy atom. The molecule has 4 heterocycles. The van der Waals surface area contributed by atoms with Crippen molar-refractivity contribution >= 4 is 55.2 Å². The van der Waals surface area contributed by atoms with Crippen LogP contribution in [0.5, 0.6) is 0 Å². The Bertz CT molecular complexity index is 1710. The number of amides is 2. The van der Waals surface area contributed by atoms with E-state index in [1.807, 2.05) is 77.7 Å². The van der Waals surface area contributed by atoms with Gasteiger partial charge in [-0.2, -0.15) is 5.10 Å². The first-order valence-electron chi connectivity index (χ1n) is 15.3. The third-order valence-electron chi connectivity index (χ3n) is 8.19. The maximum Gasteiger partial charge on any atom is 0.320 e. The van der Waals surface area contributed by atoms with Crippen molar-refractivity contribution in [3.8, 4) is 11.3 Å². The Morgan fingerprint density at radius 2 is 1.71 bits per heavy atom. The van der Waals surface area contributed by atoms with Crippen LogP contribution < -0.4 is 15.9 Å². The van der Waals surface area contributed by atoms with Crippen molar-refractivity contribution in [1.29, 1.82) is 0 Å². The molecule has 0 bridgehead atoms. The normalized spacial score (nSPS) is 15.4. The van der Waals surface area contributed by atoms with Gasteiger partial charge in [0.2, 0.25) is 18.2 Å². The average Bonchev–Trinajstić information content (AvgIpc) is 3.85. The lowest BCUT2D eigenvalue weighted by Gasteiger charge is -2.31. The number of carbonyl (C=O) groups is 2. The zero-order valence-electron chi connectivity index (χ0n) is 25.0. The Balaban J connectivity index is 0.000000167. The molecular weight excluding hydrogens is 587 g/mol. The van der Waals surface area contributed by atoms with E-state index < -0.39 is 0 Å². The SMILES string of the molecule is O=C(CN1CCCC1)N1CCC(c2nnc(Nc3ccccc3)o2)CC1.O=CNc1ccc2[nH]nc(-c3ccc(P)cc3)c2c1. The average molecular weight is 625 g/mol. The Hall–Kier alpha value is -4.60. The molecule has 2 aromatic heterocycles. The van der Waals surface area contributed by atoms with E-state index in [9.17, 15) is 9.59 Å². The van der Waals surface area contributed by atoms with E-state index in [1.165, 1.54) is 12.8 Å². The van der Waals surface area contributed by atoms with Gasteiger partial charge in [0.05, 0.1) is 17.8 Å². The summed E-state index contributed by atoms with van der Waals surface area (Å²) >= 11 is 0. The molecule has 2 fully saturated rings. The van der Waals surface area contributed by atoms with Crippen LogP contribution in [0.4, 0.5) is 17.4 Å². The van der Waals surface area contributed by atoms with Gasteiger partial charge >= 0.3 is 6.01 Å². The second kappa shape index (κ2) is 14.5. The maximum absolute atomic E-state index is 12.4. The monoisotopic (exact) mass is 624 g/mol. The zero-order chi connectivity index (χ0) is 31.0. The van der Waals surface area contributed by atoms with E-state index in [-0.39, 0.29) is 11.8 Å². The molecule has 3 N–H and O–H groups in total. The Morgan fingerprint density at radius 3 is 2.44 bits per heavy atom. The first-order chi connectivity index (χ1) is 22.1. The van der Waals surface area contributed by atoms with Crippen molar-refractivity contribution in [1.82, 2.24) is 30.2 Å². The number of nitrogens with zero attached hydrogens (tertiary/aromatic N) is 5. The van der Waals surface area contributed by atoms with E-state index in [0.29, 0.717) is 24.9 Å². The molecule has 3 aromatic carbocycles. The fourth-order valence-electron chi connectivity index (χ4n) is 5.74. The number of benzene rings is 3. The minimum Gasteiger partial charge on any atom is -0.408 e. The summed E-state index contributed by atoms with van der Waals surface area (Å²) < 4.78 is 5.79. The highest BCUT2D eigenvalue weighted by molar-refractivity contribution is 7.27. The molecule has 0 saturated carbocycles. The summed E-state index contributed by atoms with van der Waals surface area (Å²) in [4.78, 5) is 27.2. The Kier molecular flexibility index (Phi) is 9.77. The number of hydrogen-bond donors (Lipinski definition) is 3. The van der Waals surface area contributed by atoms with E-state index in [4.69, 9.17) is 4.42 Å². The lowest BCUT2D eigenvalue weighted by atomic mass is 9.97. The van der Waals surface area contributed by atoms with Crippen molar-refractivity contribution in [3.05, 3.63) is 78.7 Å². The molecule has 0 radical (unpaired) electrons. The van der Waals surface area contributed by atoms with Gasteiger partial charge in [-0.25, -0.2) is 0 Å². The first-order valence-corrected chi connectivity index (χ1v) is 15.8. The third-order valence-corrected chi connectivity index (χ3v) is 8.58. The van der Waals surface area contributed by atoms with Crippen molar-refractivity contribution in [3.63, 3.8) is 0 Å². The number of rotatable bonds is 8. The van der Waals surface area contributed by atoms with Gasteiger partial charge in [0.25, 0.3) is 0 Å². The highest BCUT2D eigenvalue weighted by Gasteiger charge is 2.28. The van der Waals surface area contributed by atoms with Crippen LogP contribution in [-0.2, 0) is 9.59 Å². The summed E-state index contributed by atoms with van der Waals surface area (Å²) in [6.45, 7) is 4.21. The van der Waals surface area contributed by atoms with Gasteiger partial charge in [0.15, 0.2) is 0 Å². The molecule has 45 heavy (non-hydrogen) atoms. The van der Waals surface area contributed by atoms with E-state index in [0.717, 1.165) is 77.9 Å². The molecular formula is C33H37N8O3P. The first kappa shape index (κ1) is 30.4. The van der Waals surface area contributed by atoms with Crippen LogP contribution in [0.2, 0.25) is 0 Å². The summed E-state index contributed by atoms with van der Waals surface area (Å²) in [6.07, 6.45) is 4.85. The van der Waals surface area contributed by atoms with E-state index in [1.54, 1.807) is 0 Å². The van der Waals surface area contributed by atoms with Crippen LogP contribution in [0.15, 0.2) is 77.2 Å². The molecule has 2 saturated heterocycles. The second-order valence-corrected chi connectivity index (χ2v) is 12.0. The number of hydrogen-bond acceptors (Lipinski definition) is 8. The lowest BCUT2D eigenvalue weighted by molar-refractivity contribution is -0.133. The van der Waals surface area contributed by atoms with Gasteiger partial charge in [-0.05, 0) is 74.4 Å². The third kappa shape index (κ3) is 7.74. The highest BCUT2D eigenvalue weighted by atomic mass is 31.0. The van der Waals surface area contributed by atoms with Gasteiger partial charge in [-0.3, -0.25) is 19.6 Å². The topological polar surface area (TPSA) is 132 Å². The van der Waals surface area contributed by atoms with Gasteiger partial charge in [-0.1, -0.05) is 47.6 Å². The number of aromatic nitrogens is 4. The van der Waals surface area contributed by atoms with Crippen molar-refractivity contribution in [2.45, 2.75) is 31.6 Å². The van der Waals surface area contributed by atoms with Crippen LogP contribution in [0, 0.1) is 0 Å². The minimum absolute atomic E-state index is 0.227. The molecule has 2 aliphatic rings. The molecule has 1 atom stereocenters. The van der Waals surface area contributed by atoms with E-state index >= 15 is 0 Å². The number of carbonyl (C=O) groups excluding carboxylic acids is 2. The zero-order valence-corrected chi connectivity index (χ0v) is 26.1. The molecule has 2 aliphatic heterocycles. The van der Waals surface area contributed by atoms with Crippen molar-refractivity contribution < 1.29 is 14.0 Å². The van der Waals surface area contributed by atoms with E-state index in [2.05, 4.69) is 45.2 Å². The molecule has 0 spiro atoms. The van der Waals surface area contributed by atoms with Crippen LogP contribution in [0.25, 0.3) is 22.2 Å². The second-order valence-electron chi connectivity index (χ2n) is 11.3. The quantitative estimate of drug-likeness (QED) is 0.164. The summed E-state index contributed by atoms with van der Waals surface area (Å²) in [5, 5.41) is 23.5. The molecule has 5 aromatic rings. The molecule has 7 rings (SSSR count). The fourth-order valence-corrected chi connectivity index (χ4v) is 5.93. The smallest absolute Gasteiger partial charge is 0.320 e. The number of anilines is 3. The highest BCUT2D eigenvalue weighted by Crippen LogP contribution is 2.30. The number of H-pyrrole nitrogens is 1. The summed E-state index contributed by atoms with van der Waals surface area (Å²) in [5.74, 6) is 1.14. The number of piperidine rings is 1. The number of likely N-dealkylation sites (tertiary alicyclic amines) is 2. The largest absolute Gasteiger partial charge is 0.408 e. The molecule has 0 aliphatic carbocycles. The number of nitrogens with one attached hydrogen (secondary N) is 3. The molecule has 1 unspecified atom stereocenters. The predicted octanol–water partition coefficient (Wildman–Crippen LogP) is 4.91. The number of para-hydroxylation sites is 1. The van der Waals surface area contributed by atoms with Crippen LogP contribution in [0.1, 0.15) is 37.5 Å². The minimum atomic E-state index is 0.227. The summed E-state index contributed by atoms with van der Waals surface area (Å²) in [7, 11) is 2.66. The standard InChI is InChI=1S/C19H25N5O2.C14H12N3OP/c25-17(14-23-10-4-5-11-23)24-12-8-15(9-13-24)18-21-22-19(26-18)20-16-6-2-1-3-7-16;18-8-15-10-3-6-13-12(7-10)14(17-16-13)9-1-4-11(19)5-2-9/h1-3,6-7,15H,4-5,8-14H2,(H,20,22);1-8H,19H2,(H,15,18)(H,16,17). The Labute approximate surface area is 264 Å². The van der Waals surface area contributed by atoms with Gasteiger partial charge in [0.1, 0.15) is 0 Å². The van der Waals surface area contributed by atoms with Gasteiger partial charge in [-0.15, -0.1) is 14.3 Å². The molecule has 11 nitrogen and oxygen atoms in total. The van der Waals surface area contributed by atoms with Crippen LogP contribution in [0.3, 0.4) is 0 Å². The molecule has 12 heteroatoms. The van der Waals surface area contributed by atoms with Crippen molar-refractivity contribution in [2.24, 2.45) is 0 Å². The van der Waals surface area contributed by atoms with Crippen LogP contribution in [-0.4, -0.2) is 75.2 Å². The van der Waals surface area contributed by atoms with Crippen molar-refractivity contribution in [2.75, 3.05) is 43.4 Å². The van der Waals surface area contributed by atoms with Gasteiger partial charge < -0.3 is 20.0 Å².